The molecule has 17 heavy (non-hydrogen) atoms. The summed E-state index contributed by atoms with van der Waals surface area (Å²) >= 11 is 0. The van der Waals surface area contributed by atoms with Gasteiger partial charge >= 0.3 is 0 Å². The van der Waals surface area contributed by atoms with Gasteiger partial charge in [0.15, 0.2) is 0 Å². The van der Waals surface area contributed by atoms with Crippen molar-refractivity contribution in [2.75, 3.05) is 0 Å². The van der Waals surface area contributed by atoms with E-state index in [0.29, 0.717) is 5.69 Å². The smallest absolute Gasteiger partial charge is 0.125 e. The Morgan fingerprint density at radius 1 is 0.941 bits per heavy atom. The second-order valence-corrected chi connectivity index (χ2v) is 3.77. The van der Waals surface area contributed by atoms with Gasteiger partial charge < -0.3 is 5.11 Å². The number of hydrogen-bond acceptors (Lipinski definition) is 3. The molecule has 0 aliphatic heterocycles. The molecule has 0 amide bonds. The Bertz CT molecular complexity index is 665. The van der Waals surface area contributed by atoms with E-state index in [9.17, 15) is 5.11 Å². The van der Waals surface area contributed by atoms with E-state index in [1.807, 2.05) is 30.3 Å². The average molecular weight is 222 g/mol. The fourth-order valence-corrected chi connectivity index (χ4v) is 1.96. The van der Waals surface area contributed by atoms with Crippen LogP contribution >= 0.6 is 0 Å². The molecule has 0 radical (unpaired) electrons. The molecule has 0 bridgehead atoms. The molecule has 0 saturated carbocycles. The van der Waals surface area contributed by atoms with E-state index in [2.05, 4.69) is 9.97 Å². The summed E-state index contributed by atoms with van der Waals surface area (Å²) in [5.41, 5.74) is 1.41. The molecule has 0 aliphatic carbocycles. The van der Waals surface area contributed by atoms with Crippen LogP contribution in [0.2, 0.25) is 0 Å². The van der Waals surface area contributed by atoms with E-state index in [1.165, 1.54) is 0 Å². The lowest BCUT2D eigenvalue weighted by atomic mass is 10.0. The molecule has 1 N–H and O–H groups in total. The summed E-state index contributed by atoms with van der Waals surface area (Å²) < 4.78 is 0. The van der Waals surface area contributed by atoms with E-state index < -0.39 is 0 Å². The predicted molar refractivity (Wildman–Crippen MR) is 66.6 cm³/mol. The molecule has 0 fully saturated rings. The maximum absolute atomic E-state index is 9.99. The van der Waals surface area contributed by atoms with Crippen molar-refractivity contribution in [1.82, 2.24) is 9.97 Å². The highest BCUT2D eigenvalue weighted by Crippen LogP contribution is 2.34. The van der Waals surface area contributed by atoms with Gasteiger partial charge in [0, 0.05) is 12.4 Å². The zero-order chi connectivity index (χ0) is 11.7. The highest BCUT2D eigenvalue weighted by Gasteiger charge is 2.09. The average Bonchev–Trinajstić information content (AvgIpc) is 2.39. The summed E-state index contributed by atoms with van der Waals surface area (Å²) in [6.45, 7) is 0. The van der Waals surface area contributed by atoms with Crippen molar-refractivity contribution in [1.29, 1.82) is 0 Å². The van der Waals surface area contributed by atoms with Gasteiger partial charge in [0.25, 0.3) is 0 Å². The molecule has 0 atom stereocenters. The van der Waals surface area contributed by atoms with Crippen molar-refractivity contribution in [3.05, 3.63) is 55.0 Å². The molecule has 1 heterocycles. The Kier molecular flexibility index (Phi) is 2.22. The molecule has 0 aliphatic rings. The third-order valence-corrected chi connectivity index (χ3v) is 2.73. The van der Waals surface area contributed by atoms with Crippen LogP contribution < -0.4 is 0 Å². The Morgan fingerprint density at radius 3 is 2.65 bits per heavy atom. The molecular formula is C14H10N2O. The first-order chi connectivity index (χ1) is 8.36. The molecule has 3 rings (SSSR count). The number of phenols is 1. The van der Waals surface area contributed by atoms with E-state index in [0.717, 1.165) is 16.3 Å². The zero-order valence-corrected chi connectivity index (χ0v) is 9.04. The molecule has 3 aromatic rings. The van der Waals surface area contributed by atoms with Crippen molar-refractivity contribution in [3.8, 4) is 17.0 Å². The van der Waals surface area contributed by atoms with Crippen LogP contribution in [0.25, 0.3) is 22.0 Å². The summed E-state index contributed by atoms with van der Waals surface area (Å²) in [6, 6.07) is 11.5. The Labute approximate surface area is 98.4 Å². The van der Waals surface area contributed by atoms with E-state index in [1.54, 1.807) is 24.7 Å². The largest absolute Gasteiger partial charge is 0.507 e. The SMILES string of the molecule is Oc1ccc2ccccc2c1-c1cnccn1. The first kappa shape index (κ1) is 9.78. The van der Waals surface area contributed by atoms with Crippen LogP contribution in [0.15, 0.2) is 55.0 Å². The first-order valence-electron chi connectivity index (χ1n) is 5.33. The molecule has 0 unspecified atom stereocenters. The molecule has 2 aromatic carbocycles. The Balaban J connectivity index is 2.39. The second kappa shape index (κ2) is 3.87. The lowest BCUT2D eigenvalue weighted by molar-refractivity contribution is 0.478. The van der Waals surface area contributed by atoms with Crippen LogP contribution in [0.1, 0.15) is 0 Å². The van der Waals surface area contributed by atoms with Crippen molar-refractivity contribution >= 4 is 10.8 Å². The number of nitrogens with zero attached hydrogens (tertiary/aromatic N) is 2. The van der Waals surface area contributed by atoms with Crippen molar-refractivity contribution < 1.29 is 5.11 Å². The molecule has 82 valence electrons. The van der Waals surface area contributed by atoms with Gasteiger partial charge in [-0.3, -0.25) is 9.97 Å². The summed E-state index contributed by atoms with van der Waals surface area (Å²) in [4.78, 5) is 8.27. The number of fused-ring (bicyclic) bond motifs is 1. The lowest BCUT2D eigenvalue weighted by Gasteiger charge is -2.07. The van der Waals surface area contributed by atoms with Crippen LogP contribution in [0.3, 0.4) is 0 Å². The standard InChI is InChI=1S/C14H10N2O/c17-13-6-5-10-3-1-2-4-11(10)14(13)12-9-15-7-8-16-12/h1-9,17H. The van der Waals surface area contributed by atoms with Crippen LogP contribution in [-0.4, -0.2) is 15.1 Å². The van der Waals surface area contributed by atoms with Gasteiger partial charge in [-0.2, -0.15) is 0 Å². The fraction of sp³-hybridized carbons (Fsp3) is 0. The summed E-state index contributed by atoms with van der Waals surface area (Å²) in [5, 5.41) is 12.0. The first-order valence-corrected chi connectivity index (χ1v) is 5.33. The van der Waals surface area contributed by atoms with Gasteiger partial charge in [-0.05, 0) is 16.8 Å². The minimum absolute atomic E-state index is 0.226. The third-order valence-electron chi connectivity index (χ3n) is 2.73. The van der Waals surface area contributed by atoms with Gasteiger partial charge in [0.2, 0.25) is 0 Å². The lowest BCUT2D eigenvalue weighted by Crippen LogP contribution is -1.87. The number of hydrogen-bond donors (Lipinski definition) is 1. The number of rotatable bonds is 1. The number of aromatic nitrogens is 2. The molecular weight excluding hydrogens is 212 g/mol. The van der Waals surface area contributed by atoms with Crippen molar-refractivity contribution in [2.45, 2.75) is 0 Å². The fourth-order valence-electron chi connectivity index (χ4n) is 1.96. The van der Waals surface area contributed by atoms with Crippen molar-refractivity contribution in [3.63, 3.8) is 0 Å². The molecule has 1 aromatic heterocycles. The molecule has 0 saturated heterocycles. The number of phenolic OH excluding ortho intramolecular Hbond substituents is 1. The topological polar surface area (TPSA) is 46.0 Å². The minimum Gasteiger partial charge on any atom is -0.507 e. The van der Waals surface area contributed by atoms with Gasteiger partial charge in [-0.1, -0.05) is 30.3 Å². The third kappa shape index (κ3) is 1.61. The molecule has 3 nitrogen and oxygen atoms in total. The molecule has 0 spiro atoms. The van der Waals surface area contributed by atoms with Crippen LogP contribution in [-0.2, 0) is 0 Å². The van der Waals surface area contributed by atoms with E-state index >= 15 is 0 Å². The summed E-state index contributed by atoms with van der Waals surface area (Å²) in [6.07, 6.45) is 4.89. The maximum Gasteiger partial charge on any atom is 0.125 e. The van der Waals surface area contributed by atoms with Gasteiger partial charge in [0.05, 0.1) is 17.5 Å². The van der Waals surface area contributed by atoms with Gasteiger partial charge in [-0.25, -0.2) is 0 Å². The maximum atomic E-state index is 9.99. The number of aromatic hydroxyl groups is 1. The van der Waals surface area contributed by atoms with Crippen molar-refractivity contribution in [2.24, 2.45) is 0 Å². The van der Waals surface area contributed by atoms with Crippen LogP contribution in [0.5, 0.6) is 5.75 Å². The Morgan fingerprint density at radius 2 is 1.82 bits per heavy atom. The predicted octanol–water partition coefficient (Wildman–Crippen LogP) is 3.00. The van der Waals surface area contributed by atoms with E-state index in [4.69, 9.17) is 0 Å². The highest BCUT2D eigenvalue weighted by molar-refractivity contribution is 5.98. The quantitative estimate of drug-likeness (QED) is 0.688. The minimum atomic E-state index is 0.226. The van der Waals surface area contributed by atoms with Crippen LogP contribution in [0, 0.1) is 0 Å². The monoisotopic (exact) mass is 222 g/mol. The highest BCUT2D eigenvalue weighted by atomic mass is 16.3. The van der Waals surface area contributed by atoms with E-state index in [-0.39, 0.29) is 5.75 Å². The zero-order valence-electron chi connectivity index (χ0n) is 9.04. The molecule has 3 heteroatoms. The second-order valence-electron chi connectivity index (χ2n) is 3.77. The summed E-state index contributed by atoms with van der Waals surface area (Å²) in [5.74, 6) is 0.226. The summed E-state index contributed by atoms with van der Waals surface area (Å²) in [7, 11) is 0. The number of benzene rings is 2. The van der Waals surface area contributed by atoms with Crippen LogP contribution in [0.4, 0.5) is 0 Å². The Hall–Kier alpha value is -2.42. The van der Waals surface area contributed by atoms with Gasteiger partial charge in [-0.15, -0.1) is 0 Å². The normalized spacial score (nSPS) is 10.6. The van der Waals surface area contributed by atoms with Gasteiger partial charge in [0.1, 0.15) is 5.75 Å².